The van der Waals surface area contributed by atoms with Crippen molar-refractivity contribution in [3.8, 4) is 0 Å². The van der Waals surface area contributed by atoms with E-state index >= 15 is 0 Å². The molecule has 1 heterocycles. The molecule has 0 aliphatic carbocycles. The van der Waals surface area contributed by atoms with E-state index in [0.717, 1.165) is 0 Å². The molecular formula is C14H16FNS. The highest BCUT2D eigenvalue weighted by Crippen LogP contribution is 2.22. The van der Waals surface area contributed by atoms with Crippen molar-refractivity contribution < 1.29 is 4.39 Å². The lowest BCUT2D eigenvalue weighted by atomic mass is 10.2. The number of hydrogen-bond donors (Lipinski definition) is 1. The molecule has 0 amide bonds. The molecule has 0 spiro atoms. The van der Waals surface area contributed by atoms with Crippen LogP contribution in [-0.4, -0.2) is 0 Å². The monoisotopic (exact) mass is 249 g/mol. The first-order valence-corrected chi connectivity index (χ1v) is 6.51. The van der Waals surface area contributed by atoms with Crippen molar-refractivity contribution in [3.63, 3.8) is 0 Å². The van der Waals surface area contributed by atoms with Crippen LogP contribution in [0.4, 0.5) is 4.39 Å². The van der Waals surface area contributed by atoms with Gasteiger partial charge in [-0.05, 0) is 32.0 Å². The number of benzene rings is 1. The first-order valence-electron chi connectivity index (χ1n) is 5.70. The molecule has 90 valence electrons. The van der Waals surface area contributed by atoms with Crippen LogP contribution in [0.5, 0.6) is 0 Å². The van der Waals surface area contributed by atoms with Gasteiger partial charge in [0.2, 0.25) is 0 Å². The number of nitrogens with one attached hydrogen (secondary N) is 1. The summed E-state index contributed by atoms with van der Waals surface area (Å²) in [5.74, 6) is -0.144. The SMILES string of the molecule is Cc1ccc(C(C)NCc2ccccc2F)s1. The molecule has 1 unspecified atom stereocenters. The van der Waals surface area contributed by atoms with E-state index in [2.05, 4.69) is 31.3 Å². The van der Waals surface area contributed by atoms with Crippen LogP contribution < -0.4 is 5.32 Å². The summed E-state index contributed by atoms with van der Waals surface area (Å²) in [6, 6.07) is 11.4. The van der Waals surface area contributed by atoms with E-state index in [1.54, 1.807) is 17.4 Å². The van der Waals surface area contributed by atoms with Crippen LogP contribution in [0, 0.1) is 12.7 Å². The maximum absolute atomic E-state index is 13.4. The molecule has 0 saturated heterocycles. The molecule has 1 nitrogen and oxygen atoms in total. The Morgan fingerprint density at radius 3 is 2.65 bits per heavy atom. The highest BCUT2D eigenvalue weighted by Gasteiger charge is 2.08. The van der Waals surface area contributed by atoms with Crippen molar-refractivity contribution in [2.24, 2.45) is 0 Å². The van der Waals surface area contributed by atoms with Crippen molar-refractivity contribution in [1.82, 2.24) is 5.32 Å². The Labute approximate surface area is 105 Å². The molecule has 1 aromatic carbocycles. The fraction of sp³-hybridized carbons (Fsp3) is 0.286. The minimum Gasteiger partial charge on any atom is -0.305 e. The fourth-order valence-electron chi connectivity index (χ4n) is 1.69. The molecule has 1 atom stereocenters. The largest absolute Gasteiger partial charge is 0.305 e. The molecule has 0 aliphatic rings. The van der Waals surface area contributed by atoms with Crippen LogP contribution in [0.2, 0.25) is 0 Å². The molecule has 0 bridgehead atoms. The lowest BCUT2D eigenvalue weighted by Gasteiger charge is -2.12. The molecular weight excluding hydrogens is 233 g/mol. The van der Waals surface area contributed by atoms with E-state index in [4.69, 9.17) is 0 Å². The Morgan fingerprint density at radius 2 is 2.00 bits per heavy atom. The van der Waals surface area contributed by atoms with Crippen molar-refractivity contribution in [2.45, 2.75) is 26.4 Å². The molecule has 0 aliphatic heterocycles. The Hall–Kier alpha value is -1.19. The van der Waals surface area contributed by atoms with Gasteiger partial charge in [0, 0.05) is 27.9 Å². The first kappa shape index (κ1) is 12.3. The van der Waals surface area contributed by atoms with Crippen molar-refractivity contribution in [1.29, 1.82) is 0 Å². The van der Waals surface area contributed by atoms with Gasteiger partial charge >= 0.3 is 0 Å². The lowest BCUT2D eigenvalue weighted by molar-refractivity contribution is 0.549. The highest BCUT2D eigenvalue weighted by atomic mass is 32.1. The van der Waals surface area contributed by atoms with Crippen LogP contribution >= 0.6 is 11.3 Å². The van der Waals surface area contributed by atoms with E-state index in [1.165, 1.54) is 15.8 Å². The van der Waals surface area contributed by atoms with Gasteiger partial charge in [0.1, 0.15) is 5.82 Å². The minimum absolute atomic E-state index is 0.144. The van der Waals surface area contributed by atoms with Gasteiger partial charge in [0.25, 0.3) is 0 Å². The van der Waals surface area contributed by atoms with E-state index in [0.29, 0.717) is 12.1 Å². The van der Waals surface area contributed by atoms with Crippen molar-refractivity contribution in [2.75, 3.05) is 0 Å². The third-order valence-corrected chi connectivity index (χ3v) is 3.93. The van der Waals surface area contributed by atoms with Crippen LogP contribution in [0.3, 0.4) is 0 Å². The molecule has 3 heteroatoms. The maximum atomic E-state index is 13.4. The Bertz CT molecular complexity index is 492. The molecule has 1 N–H and O–H groups in total. The van der Waals surface area contributed by atoms with Crippen molar-refractivity contribution >= 4 is 11.3 Å². The molecule has 2 aromatic rings. The average molecular weight is 249 g/mol. The standard InChI is InChI=1S/C14H16FNS/c1-10-7-8-14(17-10)11(2)16-9-12-5-3-4-6-13(12)15/h3-8,11,16H,9H2,1-2H3. The summed E-state index contributed by atoms with van der Waals surface area (Å²) in [4.78, 5) is 2.60. The zero-order valence-electron chi connectivity index (χ0n) is 10.0. The quantitative estimate of drug-likeness (QED) is 0.862. The Morgan fingerprint density at radius 1 is 1.24 bits per heavy atom. The second-order valence-corrected chi connectivity index (χ2v) is 5.46. The zero-order valence-corrected chi connectivity index (χ0v) is 10.9. The predicted molar refractivity (Wildman–Crippen MR) is 70.7 cm³/mol. The average Bonchev–Trinajstić information content (AvgIpc) is 2.74. The number of hydrogen-bond acceptors (Lipinski definition) is 2. The fourth-order valence-corrected chi connectivity index (χ4v) is 2.60. The Balaban J connectivity index is 1.97. The van der Waals surface area contributed by atoms with Gasteiger partial charge in [-0.3, -0.25) is 0 Å². The van der Waals surface area contributed by atoms with Gasteiger partial charge in [-0.2, -0.15) is 0 Å². The summed E-state index contributed by atoms with van der Waals surface area (Å²) in [6.07, 6.45) is 0. The first-order chi connectivity index (χ1) is 8.16. The van der Waals surface area contributed by atoms with Crippen LogP contribution in [0.15, 0.2) is 36.4 Å². The van der Waals surface area contributed by atoms with E-state index < -0.39 is 0 Å². The number of thiophene rings is 1. The molecule has 2 rings (SSSR count). The van der Waals surface area contributed by atoms with E-state index in [9.17, 15) is 4.39 Å². The summed E-state index contributed by atoms with van der Waals surface area (Å²) in [6.45, 7) is 4.76. The summed E-state index contributed by atoms with van der Waals surface area (Å²) in [5.41, 5.74) is 0.715. The second-order valence-electron chi connectivity index (χ2n) is 4.14. The van der Waals surface area contributed by atoms with Crippen molar-refractivity contribution in [3.05, 3.63) is 57.5 Å². The number of aryl methyl sites for hydroxylation is 1. The third-order valence-electron chi connectivity index (χ3n) is 2.74. The van der Waals surface area contributed by atoms with E-state index in [1.807, 2.05) is 12.1 Å². The smallest absolute Gasteiger partial charge is 0.127 e. The molecule has 0 radical (unpaired) electrons. The van der Waals surface area contributed by atoms with Gasteiger partial charge in [0.05, 0.1) is 0 Å². The van der Waals surface area contributed by atoms with E-state index in [-0.39, 0.29) is 11.9 Å². The normalized spacial score (nSPS) is 12.6. The summed E-state index contributed by atoms with van der Waals surface area (Å²) in [5, 5.41) is 3.34. The van der Waals surface area contributed by atoms with Crippen LogP contribution in [-0.2, 0) is 6.54 Å². The Kier molecular flexibility index (Phi) is 3.92. The molecule has 0 fully saturated rings. The number of halogens is 1. The summed E-state index contributed by atoms with van der Waals surface area (Å²) >= 11 is 1.78. The van der Waals surface area contributed by atoms with Crippen LogP contribution in [0.1, 0.15) is 28.3 Å². The zero-order chi connectivity index (χ0) is 12.3. The summed E-state index contributed by atoms with van der Waals surface area (Å²) < 4.78 is 13.4. The molecule has 0 saturated carbocycles. The second kappa shape index (κ2) is 5.43. The topological polar surface area (TPSA) is 12.0 Å². The maximum Gasteiger partial charge on any atom is 0.127 e. The van der Waals surface area contributed by atoms with Gasteiger partial charge in [-0.25, -0.2) is 4.39 Å². The lowest BCUT2D eigenvalue weighted by Crippen LogP contribution is -2.17. The summed E-state index contributed by atoms with van der Waals surface area (Å²) in [7, 11) is 0. The van der Waals surface area contributed by atoms with Gasteiger partial charge in [-0.1, -0.05) is 18.2 Å². The highest BCUT2D eigenvalue weighted by molar-refractivity contribution is 7.12. The third kappa shape index (κ3) is 3.14. The predicted octanol–water partition coefficient (Wildman–Crippen LogP) is 4.05. The van der Waals surface area contributed by atoms with Gasteiger partial charge < -0.3 is 5.32 Å². The minimum atomic E-state index is -0.144. The van der Waals surface area contributed by atoms with Gasteiger partial charge in [-0.15, -0.1) is 11.3 Å². The van der Waals surface area contributed by atoms with Crippen LogP contribution in [0.25, 0.3) is 0 Å². The number of rotatable bonds is 4. The molecule has 1 aromatic heterocycles. The molecule has 17 heavy (non-hydrogen) atoms. The van der Waals surface area contributed by atoms with Gasteiger partial charge in [0.15, 0.2) is 0 Å².